The molecule has 1 rings (SSSR count). The first-order chi connectivity index (χ1) is 9.46. The van der Waals surface area contributed by atoms with E-state index in [1.165, 1.54) is 0 Å². The highest BCUT2D eigenvalue weighted by atomic mass is 16.2. The van der Waals surface area contributed by atoms with E-state index in [4.69, 9.17) is 5.73 Å². The summed E-state index contributed by atoms with van der Waals surface area (Å²) >= 11 is 0. The highest BCUT2D eigenvalue weighted by Gasteiger charge is 2.43. The van der Waals surface area contributed by atoms with E-state index in [2.05, 4.69) is 5.32 Å². The van der Waals surface area contributed by atoms with Gasteiger partial charge in [0.05, 0.1) is 5.41 Å². The maximum absolute atomic E-state index is 12.7. The van der Waals surface area contributed by atoms with E-state index in [0.717, 1.165) is 12.8 Å². The largest absolute Gasteiger partial charge is 0.353 e. The van der Waals surface area contributed by atoms with Gasteiger partial charge in [0.2, 0.25) is 11.8 Å². The van der Waals surface area contributed by atoms with Crippen LogP contribution in [0.4, 0.5) is 0 Å². The second-order valence-corrected chi connectivity index (χ2v) is 7.58. The molecule has 3 N–H and O–H groups in total. The molecule has 0 radical (unpaired) electrons. The van der Waals surface area contributed by atoms with Crippen LogP contribution >= 0.6 is 0 Å². The van der Waals surface area contributed by atoms with Crippen molar-refractivity contribution in [2.24, 2.45) is 17.1 Å². The monoisotopic (exact) mass is 297 g/mol. The van der Waals surface area contributed by atoms with E-state index < -0.39 is 11.0 Å². The van der Waals surface area contributed by atoms with Gasteiger partial charge >= 0.3 is 0 Å². The molecule has 0 aromatic heterocycles. The van der Waals surface area contributed by atoms with Crippen molar-refractivity contribution >= 4 is 11.8 Å². The lowest BCUT2D eigenvalue weighted by molar-refractivity contribution is -0.144. The highest BCUT2D eigenvalue weighted by molar-refractivity contribution is 5.83. The van der Waals surface area contributed by atoms with Crippen molar-refractivity contribution in [3.8, 4) is 0 Å². The molecule has 1 heterocycles. The summed E-state index contributed by atoms with van der Waals surface area (Å²) in [4.78, 5) is 26.3. The van der Waals surface area contributed by atoms with Crippen molar-refractivity contribution < 1.29 is 9.59 Å². The van der Waals surface area contributed by atoms with Crippen LogP contribution in [0.2, 0.25) is 0 Å². The van der Waals surface area contributed by atoms with Crippen LogP contribution in [0.15, 0.2) is 0 Å². The van der Waals surface area contributed by atoms with Gasteiger partial charge in [-0.15, -0.1) is 0 Å². The molecule has 21 heavy (non-hydrogen) atoms. The van der Waals surface area contributed by atoms with Crippen molar-refractivity contribution in [2.45, 2.75) is 66.0 Å². The van der Waals surface area contributed by atoms with Crippen LogP contribution in [0.1, 0.15) is 54.4 Å². The van der Waals surface area contributed by atoms with Crippen molar-refractivity contribution in [1.82, 2.24) is 10.2 Å². The number of likely N-dealkylation sites (tertiary alicyclic amines) is 1. The summed E-state index contributed by atoms with van der Waals surface area (Å²) in [5.74, 6) is 0.188. The summed E-state index contributed by atoms with van der Waals surface area (Å²) in [6.07, 6.45) is 1.62. The molecule has 122 valence electrons. The third kappa shape index (κ3) is 4.19. The van der Waals surface area contributed by atoms with E-state index in [1.54, 1.807) is 0 Å². The zero-order chi connectivity index (χ0) is 16.4. The van der Waals surface area contributed by atoms with Crippen molar-refractivity contribution in [1.29, 1.82) is 0 Å². The zero-order valence-corrected chi connectivity index (χ0v) is 14.3. The Bertz CT molecular complexity index is 389. The van der Waals surface area contributed by atoms with Gasteiger partial charge in [0.1, 0.15) is 0 Å². The number of nitrogens with zero attached hydrogens (tertiary/aromatic N) is 1. The molecule has 5 heteroatoms. The second-order valence-electron chi connectivity index (χ2n) is 7.58. The Morgan fingerprint density at radius 1 is 1.14 bits per heavy atom. The number of nitrogens with one attached hydrogen (secondary N) is 1. The highest BCUT2D eigenvalue weighted by Crippen LogP contribution is 2.31. The number of rotatable bonds is 4. The van der Waals surface area contributed by atoms with Gasteiger partial charge in [-0.25, -0.2) is 0 Å². The normalized spacial score (nSPS) is 18.0. The molecule has 0 aromatic rings. The van der Waals surface area contributed by atoms with Crippen LogP contribution < -0.4 is 11.1 Å². The molecule has 0 atom stereocenters. The molecule has 0 aliphatic carbocycles. The van der Waals surface area contributed by atoms with E-state index in [0.29, 0.717) is 13.1 Å². The van der Waals surface area contributed by atoms with Crippen LogP contribution in [0.5, 0.6) is 0 Å². The summed E-state index contributed by atoms with van der Waals surface area (Å²) in [6.45, 7) is 12.7. The van der Waals surface area contributed by atoms with Crippen LogP contribution in [-0.2, 0) is 9.59 Å². The third-order valence-electron chi connectivity index (χ3n) is 4.80. The Balaban J connectivity index is 2.57. The lowest BCUT2D eigenvalue weighted by Crippen LogP contribution is -2.58. The van der Waals surface area contributed by atoms with Crippen LogP contribution in [-0.4, -0.2) is 41.4 Å². The Morgan fingerprint density at radius 3 is 2.00 bits per heavy atom. The van der Waals surface area contributed by atoms with E-state index in [1.807, 2.05) is 46.4 Å². The maximum atomic E-state index is 12.7. The predicted octanol–water partition coefficient (Wildman–Crippen LogP) is 1.51. The van der Waals surface area contributed by atoms with E-state index >= 15 is 0 Å². The standard InChI is InChI=1S/C16H31N3O2/c1-11(2)13(20)18-12-7-9-19(10-8-12)14(21)15(3,4)16(5,6)17/h11-12H,7-10,17H2,1-6H3,(H,18,20). The molecule has 1 saturated heterocycles. The number of piperidine rings is 1. The maximum Gasteiger partial charge on any atom is 0.230 e. The molecule has 5 nitrogen and oxygen atoms in total. The predicted molar refractivity (Wildman–Crippen MR) is 84.6 cm³/mol. The van der Waals surface area contributed by atoms with Gasteiger partial charge in [0.15, 0.2) is 0 Å². The Morgan fingerprint density at radius 2 is 1.62 bits per heavy atom. The molecule has 0 aromatic carbocycles. The minimum Gasteiger partial charge on any atom is -0.353 e. The van der Waals surface area contributed by atoms with Gasteiger partial charge in [-0.3, -0.25) is 9.59 Å². The van der Waals surface area contributed by atoms with E-state index in [9.17, 15) is 9.59 Å². The fourth-order valence-corrected chi connectivity index (χ4v) is 2.27. The average molecular weight is 297 g/mol. The van der Waals surface area contributed by atoms with Crippen molar-refractivity contribution in [3.63, 3.8) is 0 Å². The minimum atomic E-state index is -0.596. The van der Waals surface area contributed by atoms with Gasteiger partial charge in [0.25, 0.3) is 0 Å². The van der Waals surface area contributed by atoms with Gasteiger partial charge < -0.3 is 16.0 Å². The first-order valence-corrected chi connectivity index (χ1v) is 7.85. The first-order valence-electron chi connectivity index (χ1n) is 7.85. The molecular formula is C16H31N3O2. The smallest absolute Gasteiger partial charge is 0.230 e. The van der Waals surface area contributed by atoms with Crippen molar-refractivity contribution in [3.05, 3.63) is 0 Å². The molecule has 1 aliphatic heterocycles. The SMILES string of the molecule is CC(C)C(=O)NC1CCN(C(=O)C(C)(C)C(C)(C)N)CC1. The molecule has 2 amide bonds. The van der Waals surface area contributed by atoms with Crippen LogP contribution in [0.3, 0.4) is 0 Å². The second kappa shape index (κ2) is 6.34. The molecular weight excluding hydrogens is 266 g/mol. The topological polar surface area (TPSA) is 75.4 Å². The van der Waals surface area contributed by atoms with Crippen LogP contribution in [0, 0.1) is 11.3 Å². The lowest BCUT2D eigenvalue weighted by atomic mass is 9.74. The Labute approximate surface area is 128 Å². The number of amides is 2. The molecule has 0 unspecified atom stereocenters. The number of nitrogens with two attached hydrogens (primary N) is 1. The Hall–Kier alpha value is -1.10. The molecule has 0 saturated carbocycles. The van der Waals surface area contributed by atoms with E-state index in [-0.39, 0.29) is 23.8 Å². The molecule has 1 aliphatic rings. The number of hydrogen-bond acceptors (Lipinski definition) is 3. The lowest BCUT2D eigenvalue weighted by Gasteiger charge is -2.43. The summed E-state index contributed by atoms with van der Waals surface area (Å²) in [5.41, 5.74) is 4.98. The zero-order valence-electron chi connectivity index (χ0n) is 14.3. The minimum absolute atomic E-state index is 0.00151. The number of hydrogen-bond donors (Lipinski definition) is 2. The van der Waals surface area contributed by atoms with Gasteiger partial charge in [0, 0.05) is 30.6 Å². The average Bonchev–Trinajstić information content (AvgIpc) is 2.37. The summed E-state index contributed by atoms with van der Waals surface area (Å²) in [6, 6.07) is 0.179. The summed E-state index contributed by atoms with van der Waals surface area (Å²) in [7, 11) is 0. The molecule has 0 bridgehead atoms. The molecule has 1 fully saturated rings. The summed E-state index contributed by atoms with van der Waals surface area (Å²) in [5, 5.41) is 3.05. The number of carbonyl (C=O) groups is 2. The van der Waals surface area contributed by atoms with Crippen molar-refractivity contribution in [2.75, 3.05) is 13.1 Å². The van der Waals surface area contributed by atoms with Gasteiger partial charge in [-0.2, -0.15) is 0 Å². The van der Waals surface area contributed by atoms with Crippen LogP contribution in [0.25, 0.3) is 0 Å². The first kappa shape index (κ1) is 18.0. The molecule has 0 spiro atoms. The Kier molecular flexibility index (Phi) is 5.42. The fourth-order valence-electron chi connectivity index (χ4n) is 2.27. The fraction of sp³-hybridized carbons (Fsp3) is 0.875. The summed E-state index contributed by atoms with van der Waals surface area (Å²) < 4.78 is 0. The number of carbonyl (C=O) groups excluding carboxylic acids is 2. The van der Waals surface area contributed by atoms with Gasteiger partial charge in [-0.1, -0.05) is 13.8 Å². The quantitative estimate of drug-likeness (QED) is 0.826. The van der Waals surface area contributed by atoms with Gasteiger partial charge in [-0.05, 0) is 40.5 Å². The third-order valence-corrected chi connectivity index (χ3v) is 4.80.